The van der Waals surface area contributed by atoms with E-state index in [2.05, 4.69) is 25.7 Å². The number of alkyl halides is 1. The molecule has 0 aliphatic carbocycles. The first kappa shape index (κ1) is 15.9. The highest BCUT2D eigenvalue weighted by atomic mass is 35.5. The Morgan fingerprint density at radius 2 is 2.16 bits per heavy atom. The Bertz CT molecular complexity index is 446. The summed E-state index contributed by atoms with van der Waals surface area (Å²) in [5, 5.41) is 0. The van der Waals surface area contributed by atoms with E-state index < -0.39 is 0 Å². The Morgan fingerprint density at radius 1 is 1.37 bits per heavy atom. The van der Waals surface area contributed by atoms with Crippen LogP contribution in [-0.2, 0) is 0 Å². The van der Waals surface area contributed by atoms with Crippen LogP contribution in [-0.4, -0.2) is 12.5 Å². The van der Waals surface area contributed by atoms with Crippen LogP contribution in [0.25, 0.3) is 0 Å². The van der Waals surface area contributed by atoms with E-state index >= 15 is 0 Å². The summed E-state index contributed by atoms with van der Waals surface area (Å²) in [6.45, 7) is 4.93. The number of ether oxygens (including phenoxy) is 1. The van der Waals surface area contributed by atoms with Crippen molar-refractivity contribution in [3.63, 3.8) is 0 Å². The molecule has 0 atom stereocenters. The largest absolute Gasteiger partial charge is 0.492 e. The van der Waals surface area contributed by atoms with Crippen molar-refractivity contribution in [3.8, 4) is 17.6 Å². The molecule has 0 amide bonds. The quantitative estimate of drug-likeness (QED) is 0.420. The number of hydrogen-bond acceptors (Lipinski definition) is 1. The Kier molecular flexibility index (Phi) is 7.36. The first-order valence-electron chi connectivity index (χ1n) is 6.60. The number of benzene rings is 1. The molecule has 0 aliphatic heterocycles. The fraction of sp³-hybridized carbons (Fsp3) is 0.500. The molecule has 19 heavy (non-hydrogen) atoms. The minimum atomic E-state index is -0.304. The lowest BCUT2D eigenvalue weighted by atomic mass is 10.1. The molecule has 0 radical (unpaired) electrons. The van der Waals surface area contributed by atoms with Gasteiger partial charge >= 0.3 is 0 Å². The van der Waals surface area contributed by atoms with Crippen LogP contribution in [0, 0.1) is 23.6 Å². The third kappa shape index (κ3) is 6.50. The lowest BCUT2D eigenvalue weighted by molar-refractivity contribution is 0.295. The third-order valence-corrected chi connectivity index (χ3v) is 2.76. The van der Waals surface area contributed by atoms with Gasteiger partial charge in [-0.2, -0.15) is 0 Å². The van der Waals surface area contributed by atoms with E-state index in [-0.39, 0.29) is 5.82 Å². The zero-order valence-electron chi connectivity index (χ0n) is 11.5. The molecule has 0 fully saturated rings. The van der Waals surface area contributed by atoms with Gasteiger partial charge in [0.15, 0.2) is 0 Å². The average Bonchev–Trinajstić information content (AvgIpc) is 2.37. The second kappa shape index (κ2) is 8.82. The van der Waals surface area contributed by atoms with E-state index in [4.69, 9.17) is 16.3 Å². The molecule has 1 nitrogen and oxygen atoms in total. The molecule has 104 valence electrons. The van der Waals surface area contributed by atoms with Crippen molar-refractivity contribution < 1.29 is 9.13 Å². The Balaban J connectivity index is 2.64. The van der Waals surface area contributed by atoms with Crippen molar-refractivity contribution in [1.29, 1.82) is 0 Å². The number of rotatable bonds is 6. The molecule has 0 N–H and O–H groups in total. The van der Waals surface area contributed by atoms with E-state index in [0.717, 1.165) is 18.4 Å². The predicted molar refractivity (Wildman–Crippen MR) is 78.2 cm³/mol. The van der Waals surface area contributed by atoms with E-state index in [9.17, 15) is 4.39 Å². The zero-order valence-corrected chi connectivity index (χ0v) is 12.3. The van der Waals surface area contributed by atoms with Gasteiger partial charge in [-0.15, -0.1) is 11.6 Å². The fourth-order valence-corrected chi connectivity index (χ4v) is 1.69. The van der Waals surface area contributed by atoms with Gasteiger partial charge < -0.3 is 4.74 Å². The summed E-state index contributed by atoms with van der Waals surface area (Å²) in [5.41, 5.74) is 0.719. The van der Waals surface area contributed by atoms with Crippen LogP contribution in [0.1, 0.15) is 38.7 Å². The topological polar surface area (TPSA) is 9.23 Å². The average molecular weight is 283 g/mol. The lowest BCUT2D eigenvalue weighted by Crippen LogP contribution is -2.01. The van der Waals surface area contributed by atoms with Crippen LogP contribution < -0.4 is 4.74 Å². The van der Waals surface area contributed by atoms with Crippen LogP contribution in [0.15, 0.2) is 18.2 Å². The Hall–Kier alpha value is -1.20. The molecule has 0 spiro atoms. The summed E-state index contributed by atoms with van der Waals surface area (Å²) < 4.78 is 18.8. The van der Waals surface area contributed by atoms with Gasteiger partial charge in [0.05, 0.1) is 12.2 Å². The lowest BCUT2D eigenvalue weighted by Gasteiger charge is -2.09. The van der Waals surface area contributed by atoms with Gasteiger partial charge in [-0.3, -0.25) is 0 Å². The van der Waals surface area contributed by atoms with Crippen LogP contribution in [0.3, 0.4) is 0 Å². The maximum Gasteiger partial charge on any atom is 0.137 e. The first-order chi connectivity index (χ1) is 9.13. The standard InChI is InChI=1S/C16H20ClFO/c1-13(2)6-5-11-19-16-12-15(18)9-8-14(16)7-3-4-10-17/h8-9,12-13H,4-6,10-11H2,1-2H3. The molecule has 0 bridgehead atoms. The van der Waals surface area contributed by atoms with Gasteiger partial charge in [0.1, 0.15) is 11.6 Å². The molecule has 1 aromatic carbocycles. The molecule has 0 saturated carbocycles. The Morgan fingerprint density at radius 3 is 2.84 bits per heavy atom. The smallest absolute Gasteiger partial charge is 0.137 e. The van der Waals surface area contributed by atoms with Crippen molar-refractivity contribution >= 4 is 11.6 Å². The monoisotopic (exact) mass is 282 g/mol. The van der Waals surface area contributed by atoms with Gasteiger partial charge in [0.25, 0.3) is 0 Å². The summed E-state index contributed by atoms with van der Waals surface area (Å²) in [7, 11) is 0. The van der Waals surface area contributed by atoms with Gasteiger partial charge in [-0.05, 0) is 30.9 Å². The van der Waals surface area contributed by atoms with E-state index in [1.165, 1.54) is 12.1 Å². The third-order valence-electron chi connectivity index (χ3n) is 2.57. The second-order valence-corrected chi connectivity index (χ2v) is 5.14. The summed E-state index contributed by atoms with van der Waals surface area (Å²) in [4.78, 5) is 0. The maximum absolute atomic E-state index is 13.2. The minimum absolute atomic E-state index is 0.304. The highest BCUT2D eigenvalue weighted by Gasteiger charge is 2.04. The molecular formula is C16H20ClFO. The predicted octanol–water partition coefficient (Wildman–Crippen LogP) is 4.62. The van der Waals surface area contributed by atoms with Crippen LogP contribution in [0.2, 0.25) is 0 Å². The Labute approximate surface area is 120 Å². The second-order valence-electron chi connectivity index (χ2n) is 4.77. The van der Waals surface area contributed by atoms with Crippen molar-refractivity contribution in [2.24, 2.45) is 5.92 Å². The number of hydrogen-bond donors (Lipinski definition) is 0. The van der Waals surface area contributed by atoms with Crippen molar-refractivity contribution in [2.45, 2.75) is 33.1 Å². The highest BCUT2D eigenvalue weighted by molar-refractivity contribution is 6.18. The molecule has 0 saturated heterocycles. The summed E-state index contributed by atoms with van der Waals surface area (Å²) in [6, 6.07) is 4.43. The van der Waals surface area contributed by atoms with Crippen LogP contribution in [0.5, 0.6) is 5.75 Å². The molecule has 3 heteroatoms. The molecular weight excluding hydrogens is 263 g/mol. The molecule has 0 heterocycles. The molecule has 0 aromatic heterocycles. The maximum atomic E-state index is 13.2. The van der Waals surface area contributed by atoms with E-state index in [1.54, 1.807) is 6.07 Å². The highest BCUT2D eigenvalue weighted by Crippen LogP contribution is 2.19. The zero-order chi connectivity index (χ0) is 14.1. The molecule has 0 aliphatic rings. The van der Waals surface area contributed by atoms with Gasteiger partial charge in [0, 0.05) is 18.4 Å². The van der Waals surface area contributed by atoms with Crippen LogP contribution >= 0.6 is 11.6 Å². The van der Waals surface area contributed by atoms with Gasteiger partial charge in [-0.25, -0.2) is 4.39 Å². The molecule has 1 rings (SSSR count). The summed E-state index contributed by atoms with van der Waals surface area (Å²) >= 11 is 5.57. The summed E-state index contributed by atoms with van der Waals surface area (Å²) in [6.07, 6.45) is 2.68. The first-order valence-corrected chi connectivity index (χ1v) is 7.14. The van der Waals surface area contributed by atoms with Gasteiger partial charge in [0.2, 0.25) is 0 Å². The SMILES string of the molecule is CC(C)CCCOc1cc(F)ccc1C#CCCCl. The normalized spacial score (nSPS) is 10.2. The summed E-state index contributed by atoms with van der Waals surface area (Å²) in [5.74, 6) is 7.27. The van der Waals surface area contributed by atoms with Crippen LogP contribution in [0.4, 0.5) is 4.39 Å². The van der Waals surface area contributed by atoms with E-state index in [1.807, 2.05) is 0 Å². The molecule has 1 aromatic rings. The minimum Gasteiger partial charge on any atom is -0.492 e. The van der Waals surface area contributed by atoms with Crippen molar-refractivity contribution in [3.05, 3.63) is 29.6 Å². The van der Waals surface area contributed by atoms with Gasteiger partial charge in [-0.1, -0.05) is 25.7 Å². The van der Waals surface area contributed by atoms with Crippen molar-refractivity contribution in [1.82, 2.24) is 0 Å². The van der Waals surface area contributed by atoms with Crippen molar-refractivity contribution in [2.75, 3.05) is 12.5 Å². The fourth-order valence-electron chi connectivity index (χ4n) is 1.60. The number of halogens is 2. The molecule has 0 unspecified atom stereocenters. The van der Waals surface area contributed by atoms with E-state index in [0.29, 0.717) is 30.6 Å².